The molecule has 1 fully saturated rings. The molecule has 10 heteroatoms. The van der Waals surface area contributed by atoms with E-state index >= 15 is 0 Å². The molecule has 0 bridgehead atoms. The fourth-order valence-corrected chi connectivity index (χ4v) is 3.96. The smallest absolute Gasteiger partial charge is 0.159 e. The second kappa shape index (κ2) is 6.63. The summed E-state index contributed by atoms with van der Waals surface area (Å²) < 4.78 is 0. The van der Waals surface area contributed by atoms with Crippen LogP contribution in [0.1, 0.15) is 0 Å². The van der Waals surface area contributed by atoms with E-state index in [4.69, 9.17) is 4.98 Å². The summed E-state index contributed by atoms with van der Waals surface area (Å²) in [5.74, 6) is 0.712. The van der Waals surface area contributed by atoms with Crippen molar-refractivity contribution in [1.82, 2.24) is 45.2 Å². The fraction of sp³-hybridized carbons (Fsp3) is 0.250. The number of likely N-dealkylation sites (N-methyl/N-ethyl adjacent to an activating group) is 1. The third kappa shape index (κ3) is 2.72. The monoisotopic (exact) mass is 400 g/mol. The molecule has 150 valence electrons. The van der Waals surface area contributed by atoms with Gasteiger partial charge in [-0.25, -0.2) is 4.98 Å². The summed E-state index contributed by atoms with van der Waals surface area (Å²) in [5.41, 5.74) is 6.26. The quantitative estimate of drug-likeness (QED) is 0.424. The van der Waals surface area contributed by atoms with Gasteiger partial charge < -0.3 is 14.8 Å². The molecule has 0 aromatic carbocycles. The highest BCUT2D eigenvalue weighted by atomic mass is 15.3. The van der Waals surface area contributed by atoms with Gasteiger partial charge in [0.2, 0.25) is 0 Å². The third-order valence-electron chi connectivity index (χ3n) is 5.68. The lowest BCUT2D eigenvalue weighted by Gasteiger charge is -2.33. The maximum absolute atomic E-state index is 4.92. The first-order valence-electron chi connectivity index (χ1n) is 9.87. The average molecular weight is 400 g/mol. The van der Waals surface area contributed by atoms with Crippen LogP contribution in [0.3, 0.4) is 0 Å². The van der Waals surface area contributed by atoms with Gasteiger partial charge in [-0.1, -0.05) is 0 Å². The molecule has 1 aliphatic heterocycles. The number of nitrogens with one attached hydrogen (secondary N) is 3. The predicted molar refractivity (Wildman–Crippen MR) is 114 cm³/mol. The molecular formula is C20H20N10. The molecule has 5 aromatic heterocycles. The van der Waals surface area contributed by atoms with Crippen molar-refractivity contribution in [2.24, 2.45) is 0 Å². The SMILES string of the molecule is CN1CCN(c2cncc3[nH]c(-c4n[nH]c5cnc(-c6cn[nH]c6)cc45)nc23)CC1. The number of anilines is 1. The molecule has 10 nitrogen and oxygen atoms in total. The van der Waals surface area contributed by atoms with Gasteiger partial charge in [-0.15, -0.1) is 0 Å². The van der Waals surface area contributed by atoms with Crippen LogP contribution < -0.4 is 4.90 Å². The van der Waals surface area contributed by atoms with Crippen molar-refractivity contribution < 1.29 is 0 Å². The van der Waals surface area contributed by atoms with Crippen LogP contribution in [0.2, 0.25) is 0 Å². The highest BCUT2D eigenvalue weighted by Crippen LogP contribution is 2.31. The molecule has 0 saturated carbocycles. The van der Waals surface area contributed by atoms with Crippen LogP contribution in [0.4, 0.5) is 5.69 Å². The average Bonchev–Trinajstić information content (AvgIpc) is 3.52. The minimum absolute atomic E-state index is 0.712. The first-order valence-corrected chi connectivity index (χ1v) is 9.87. The van der Waals surface area contributed by atoms with Crippen LogP contribution in [0.5, 0.6) is 0 Å². The van der Waals surface area contributed by atoms with Gasteiger partial charge in [0.1, 0.15) is 11.2 Å². The Morgan fingerprint density at radius 1 is 1.00 bits per heavy atom. The van der Waals surface area contributed by atoms with E-state index in [2.05, 4.69) is 52.2 Å². The van der Waals surface area contributed by atoms with E-state index < -0.39 is 0 Å². The number of aromatic amines is 3. The van der Waals surface area contributed by atoms with Crippen LogP contribution in [0.15, 0.2) is 37.1 Å². The zero-order valence-corrected chi connectivity index (χ0v) is 16.4. The maximum atomic E-state index is 4.92. The van der Waals surface area contributed by atoms with Crippen LogP contribution >= 0.6 is 0 Å². The van der Waals surface area contributed by atoms with Crippen molar-refractivity contribution >= 4 is 27.6 Å². The van der Waals surface area contributed by atoms with Gasteiger partial charge in [-0.2, -0.15) is 10.2 Å². The Hall–Kier alpha value is -3.79. The number of nitrogens with zero attached hydrogens (tertiary/aromatic N) is 7. The zero-order chi connectivity index (χ0) is 20.1. The van der Waals surface area contributed by atoms with E-state index in [-0.39, 0.29) is 0 Å². The Bertz CT molecular complexity index is 1320. The zero-order valence-electron chi connectivity index (χ0n) is 16.4. The fourth-order valence-electron chi connectivity index (χ4n) is 3.96. The highest BCUT2D eigenvalue weighted by molar-refractivity contribution is 5.96. The van der Waals surface area contributed by atoms with Gasteiger partial charge in [0.05, 0.1) is 47.2 Å². The normalized spacial score (nSPS) is 15.4. The maximum Gasteiger partial charge on any atom is 0.159 e. The van der Waals surface area contributed by atoms with Crippen LogP contribution in [0.25, 0.3) is 44.7 Å². The first kappa shape index (κ1) is 17.1. The number of hydrogen-bond donors (Lipinski definition) is 3. The van der Waals surface area contributed by atoms with Gasteiger partial charge >= 0.3 is 0 Å². The molecule has 0 amide bonds. The van der Waals surface area contributed by atoms with Gasteiger partial charge in [-0.05, 0) is 13.1 Å². The van der Waals surface area contributed by atoms with E-state index in [9.17, 15) is 0 Å². The number of piperazine rings is 1. The summed E-state index contributed by atoms with van der Waals surface area (Å²) in [7, 11) is 2.15. The Balaban J connectivity index is 1.45. The van der Waals surface area contributed by atoms with Crippen LogP contribution in [0, 0.1) is 0 Å². The van der Waals surface area contributed by atoms with Crippen LogP contribution in [-0.4, -0.2) is 78.5 Å². The van der Waals surface area contributed by atoms with Gasteiger partial charge in [0.25, 0.3) is 0 Å². The van der Waals surface area contributed by atoms with Crippen molar-refractivity contribution in [3.63, 3.8) is 0 Å². The van der Waals surface area contributed by atoms with Gasteiger partial charge in [-0.3, -0.25) is 20.2 Å². The van der Waals surface area contributed by atoms with Crippen molar-refractivity contribution in [2.45, 2.75) is 0 Å². The summed E-state index contributed by atoms with van der Waals surface area (Å²) in [6.45, 7) is 3.98. The summed E-state index contributed by atoms with van der Waals surface area (Å²) in [6, 6.07) is 2.01. The number of hydrogen-bond acceptors (Lipinski definition) is 7. The standard InChI is InChI=1S/C20H20N10/c1-29-2-4-30(5-3-29)17-11-21-9-16-19(17)26-20(25-16)18-13-6-14(12-7-23-24-8-12)22-10-15(13)27-28-18/h6-11H,2-5H2,1H3,(H,23,24)(H,25,26)(H,27,28). The Morgan fingerprint density at radius 3 is 2.73 bits per heavy atom. The third-order valence-corrected chi connectivity index (χ3v) is 5.68. The summed E-state index contributed by atoms with van der Waals surface area (Å²) in [5, 5.41) is 15.4. The van der Waals surface area contributed by atoms with Gasteiger partial charge in [0.15, 0.2) is 5.82 Å². The number of aromatic nitrogens is 8. The molecule has 6 rings (SSSR count). The lowest BCUT2D eigenvalue weighted by molar-refractivity contribution is 0.313. The van der Waals surface area contributed by atoms with Gasteiger partial charge in [0, 0.05) is 43.3 Å². The Kier molecular flexibility index (Phi) is 3.78. The molecule has 5 aromatic rings. The van der Waals surface area contributed by atoms with E-state index in [0.717, 1.165) is 70.8 Å². The minimum atomic E-state index is 0.712. The first-order chi connectivity index (χ1) is 14.8. The molecule has 0 spiro atoms. The lowest BCUT2D eigenvalue weighted by Crippen LogP contribution is -2.44. The van der Waals surface area contributed by atoms with Crippen molar-refractivity contribution in [3.05, 3.63) is 37.1 Å². The number of rotatable bonds is 3. The Labute approximate surface area is 171 Å². The topological polar surface area (TPSA) is 118 Å². The molecule has 0 aliphatic carbocycles. The minimum Gasteiger partial charge on any atom is -0.366 e. The lowest BCUT2D eigenvalue weighted by atomic mass is 10.1. The summed E-state index contributed by atoms with van der Waals surface area (Å²) >= 11 is 0. The number of pyridine rings is 2. The summed E-state index contributed by atoms with van der Waals surface area (Å²) in [6.07, 6.45) is 9.08. The van der Waals surface area contributed by atoms with Crippen molar-refractivity contribution in [1.29, 1.82) is 0 Å². The molecule has 30 heavy (non-hydrogen) atoms. The molecule has 0 atom stereocenters. The highest BCUT2D eigenvalue weighted by Gasteiger charge is 2.20. The van der Waals surface area contributed by atoms with E-state index in [0.29, 0.717) is 5.82 Å². The van der Waals surface area contributed by atoms with E-state index in [1.807, 2.05) is 24.7 Å². The number of H-pyrrole nitrogens is 3. The predicted octanol–water partition coefficient (Wildman–Crippen LogP) is 2.04. The molecule has 3 N–H and O–H groups in total. The second-order valence-electron chi connectivity index (χ2n) is 7.60. The van der Waals surface area contributed by atoms with Crippen molar-refractivity contribution in [3.8, 4) is 22.8 Å². The molecule has 0 radical (unpaired) electrons. The molecular weight excluding hydrogens is 380 g/mol. The number of imidazole rings is 1. The van der Waals surface area contributed by atoms with E-state index in [1.165, 1.54) is 0 Å². The van der Waals surface area contributed by atoms with Crippen molar-refractivity contribution in [2.75, 3.05) is 38.1 Å². The second-order valence-corrected chi connectivity index (χ2v) is 7.60. The summed E-state index contributed by atoms with van der Waals surface area (Å²) in [4.78, 5) is 21.9. The molecule has 1 aliphatic rings. The number of fused-ring (bicyclic) bond motifs is 2. The largest absolute Gasteiger partial charge is 0.366 e. The molecule has 6 heterocycles. The Morgan fingerprint density at radius 2 is 1.90 bits per heavy atom. The van der Waals surface area contributed by atoms with E-state index in [1.54, 1.807) is 12.4 Å². The molecule has 1 saturated heterocycles. The van der Waals surface area contributed by atoms with Crippen LogP contribution in [-0.2, 0) is 0 Å². The molecule has 0 unspecified atom stereocenters.